The molecule has 0 bridgehead atoms. The molecular weight excluding hydrogens is 238 g/mol. The van der Waals surface area contributed by atoms with Crippen LogP contribution in [0.1, 0.15) is 30.6 Å². The molecule has 0 saturated carbocycles. The number of hydrogen-bond donors (Lipinski definition) is 1. The zero-order chi connectivity index (χ0) is 13.7. The molecule has 0 spiro atoms. The van der Waals surface area contributed by atoms with Crippen molar-refractivity contribution >= 4 is 5.91 Å². The van der Waals surface area contributed by atoms with Crippen LogP contribution < -0.4 is 5.32 Å². The maximum atomic E-state index is 11.9. The zero-order valence-electron chi connectivity index (χ0n) is 11.3. The predicted octanol–water partition coefficient (Wildman–Crippen LogP) is 2.46. The molecule has 2 aromatic rings. The summed E-state index contributed by atoms with van der Waals surface area (Å²) in [5, 5.41) is 7.25. The molecule has 0 aliphatic rings. The van der Waals surface area contributed by atoms with E-state index in [0.29, 0.717) is 13.0 Å². The topological polar surface area (TPSA) is 46.9 Å². The smallest absolute Gasteiger partial charge is 0.222 e. The lowest BCUT2D eigenvalue weighted by atomic mass is 10.1. The van der Waals surface area contributed by atoms with Gasteiger partial charge in [-0.3, -0.25) is 9.48 Å². The third kappa shape index (κ3) is 3.95. The van der Waals surface area contributed by atoms with Gasteiger partial charge in [0.1, 0.15) is 0 Å². The number of nitrogens with one attached hydrogen (secondary N) is 1. The minimum Gasteiger partial charge on any atom is -0.350 e. The van der Waals surface area contributed by atoms with Gasteiger partial charge in [-0.25, -0.2) is 0 Å². The molecule has 1 aromatic heterocycles. The minimum atomic E-state index is 0.0352. The van der Waals surface area contributed by atoms with Crippen LogP contribution in [0.15, 0.2) is 42.6 Å². The Kier molecular flexibility index (Phi) is 4.34. The Morgan fingerprint density at radius 3 is 2.68 bits per heavy atom. The molecule has 100 valence electrons. The van der Waals surface area contributed by atoms with E-state index < -0.39 is 0 Å². The van der Waals surface area contributed by atoms with Gasteiger partial charge >= 0.3 is 0 Å². The lowest BCUT2D eigenvalue weighted by Crippen LogP contribution is -2.27. The summed E-state index contributed by atoms with van der Waals surface area (Å²) in [5.41, 5.74) is 2.09. The Labute approximate surface area is 113 Å². The monoisotopic (exact) mass is 257 g/mol. The Balaban J connectivity index is 1.81. The summed E-state index contributed by atoms with van der Waals surface area (Å²) >= 11 is 0. The molecule has 0 saturated heterocycles. The standard InChI is InChI=1S/C15H19N3O/c1-12-8-10-18(17-12)11-9-15(19)16-13(2)14-6-4-3-5-7-14/h3-8,10,13H,9,11H2,1-2H3,(H,16,19). The molecule has 0 aliphatic carbocycles. The highest BCUT2D eigenvalue weighted by atomic mass is 16.1. The maximum absolute atomic E-state index is 11.9. The summed E-state index contributed by atoms with van der Waals surface area (Å²) in [7, 11) is 0. The van der Waals surface area contributed by atoms with Crippen LogP contribution >= 0.6 is 0 Å². The van der Waals surface area contributed by atoms with Crippen molar-refractivity contribution in [2.24, 2.45) is 0 Å². The van der Waals surface area contributed by atoms with E-state index in [2.05, 4.69) is 10.4 Å². The van der Waals surface area contributed by atoms with E-state index in [9.17, 15) is 4.79 Å². The van der Waals surface area contributed by atoms with Crippen LogP contribution in [0.3, 0.4) is 0 Å². The number of carbonyl (C=O) groups excluding carboxylic acids is 1. The van der Waals surface area contributed by atoms with Crippen molar-refractivity contribution in [1.82, 2.24) is 15.1 Å². The van der Waals surface area contributed by atoms with E-state index in [1.165, 1.54) is 0 Å². The summed E-state index contributed by atoms with van der Waals surface area (Å²) < 4.78 is 1.79. The van der Waals surface area contributed by atoms with Gasteiger partial charge in [0, 0.05) is 19.2 Å². The van der Waals surface area contributed by atoms with Crippen molar-refractivity contribution in [2.45, 2.75) is 32.9 Å². The Hall–Kier alpha value is -2.10. The molecule has 0 radical (unpaired) electrons. The van der Waals surface area contributed by atoms with Crippen molar-refractivity contribution in [3.63, 3.8) is 0 Å². The summed E-state index contributed by atoms with van der Waals surface area (Å²) in [6.07, 6.45) is 2.33. The van der Waals surface area contributed by atoms with Gasteiger partial charge in [-0.1, -0.05) is 30.3 Å². The van der Waals surface area contributed by atoms with E-state index in [0.717, 1.165) is 11.3 Å². The van der Waals surface area contributed by atoms with Gasteiger partial charge in [0.25, 0.3) is 0 Å². The van der Waals surface area contributed by atoms with Gasteiger partial charge in [0.05, 0.1) is 11.7 Å². The van der Waals surface area contributed by atoms with Crippen molar-refractivity contribution in [2.75, 3.05) is 0 Å². The number of hydrogen-bond acceptors (Lipinski definition) is 2. The number of carbonyl (C=O) groups is 1. The summed E-state index contributed by atoms with van der Waals surface area (Å²) in [6.45, 7) is 4.54. The van der Waals surface area contributed by atoms with Crippen LogP contribution in [0.4, 0.5) is 0 Å². The van der Waals surface area contributed by atoms with Crippen molar-refractivity contribution < 1.29 is 4.79 Å². The predicted molar refractivity (Wildman–Crippen MR) is 74.6 cm³/mol. The Morgan fingerprint density at radius 2 is 2.05 bits per heavy atom. The summed E-state index contributed by atoms with van der Waals surface area (Å²) in [5.74, 6) is 0.0458. The first-order valence-corrected chi connectivity index (χ1v) is 6.49. The molecule has 1 amide bonds. The second-order valence-corrected chi connectivity index (χ2v) is 4.67. The quantitative estimate of drug-likeness (QED) is 0.894. The van der Waals surface area contributed by atoms with Gasteiger partial charge in [-0.15, -0.1) is 0 Å². The van der Waals surface area contributed by atoms with Gasteiger partial charge in [-0.2, -0.15) is 5.10 Å². The van der Waals surface area contributed by atoms with Crippen molar-refractivity contribution in [3.8, 4) is 0 Å². The van der Waals surface area contributed by atoms with Crippen LogP contribution in [0.5, 0.6) is 0 Å². The SMILES string of the molecule is Cc1ccn(CCC(=O)NC(C)c2ccccc2)n1. The molecule has 19 heavy (non-hydrogen) atoms. The van der Waals surface area contributed by atoms with Crippen LogP contribution in [-0.2, 0) is 11.3 Å². The highest BCUT2D eigenvalue weighted by Gasteiger charge is 2.09. The lowest BCUT2D eigenvalue weighted by molar-refractivity contribution is -0.122. The zero-order valence-corrected chi connectivity index (χ0v) is 11.3. The van der Waals surface area contributed by atoms with Gasteiger partial charge in [0.2, 0.25) is 5.91 Å². The van der Waals surface area contributed by atoms with E-state index in [-0.39, 0.29) is 11.9 Å². The molecule has 1 heterocycles. The highest BCUT2D eigenvalue weighted by Crippen LogP contribution is 2.11. The van der Waals surface area contributed by atoms with Crippen LogP contribution in [0.25, 0.3) is 0 Å². The number of benzene rings is 1. The molecular formula is C15H19N3O. The van der Waals surface area contributed by atoms with Crippen LogP contribution in [-0.4, -0.2) is 15.7 Å². The van der Waals surface area contributed by atoms with E-state index in [1.54, 1.807) is 4.68 Å². The maximum Gasteiger partial charge on any atom is 0.222 e. The molecule has 0 fully saturated rings. The largest absolute Gasteiger partial charge is 0.350 e. The third-order valence-electron chi connectivity index (χ3n) is 3.02. The number of aromatic nitrogens is 2. The second kappa shape index (κ2) is 6.18. The lowest BCUT2D eigenvalue weighted by Gasteiger charge is -2.14. The molecule has 1 aromatic carbocycles. The highest BCUT2D eigenvalue weighted by molar-refractivity contribution is 5.76. The minimum absolute atomic E-state index is 0.0352. The van der Waals surface area contributed by atoms with Crippen molar-refractivity contribution in [1.29, 1.82) is 0 Å². The van der Waals surface area contributed by atoms with E-state index >= 15 is 0 Å². The molecule has 4 nitrogen and oxygen atoms in total. The van der Waals surface area contributed by atoms with Crippen molar-refractivity contribution in [3.05, 3.63) is 53.9 Å². The molecule has 2 rings (SSSR count). The molecule has 4 heteroatoms. The molecule has 0 aliphatic heterocycles. The normalized spacial score (nSPS) is 12.1. The average molecular weight is 257 g/mol. The summed E-state index contributed by atoms with van der Waals surface area (Å²) in [4.78, 5) is 11.9. The fourth-order valence-corrected chi connectivity index (χ4v) is 1.94. The van der Waals surface area contributed by atoms with Crippen LogP contribution in [0.2, 0.25) is 0 Å². The van der Waals surface area contributed by atoms with E-state index in [4.69, 9.17) is 0 Å². The Bertz CT molecular complexity index is 533. The Morgan fingerprint density at radius 1 is 1.32 bits per heavy atom. The first-order valence-electron chi connectivity index (χ1n) is 6.49. The van der Waals surface area contributed by atoms with Gasteiger partial charge < -0.3 is 5.32 Å². The van der Waals surface area contributed by atoms with Crippen LogP contribution in [0, 0.1) is 6.92 Å². The average Bonchev–Trinajstić information content (AvgIpc) is 2.83. The first kappa shape index (κ1) is 13.3. The first-order chi connectivity index (χ1) is 9.15. The number of aryl methyl sites for hydroxylation is 2. The number of rotatable bonds is 5. The molecule has 1 unspecified atom stereocenters. The number of nitrogens with zero attached hydrogens (tertiary/aromatic N) is 2. The molecule has 1 atom stereocenters. The fraction of sp³-hybridized carbons (Fsp3) is 0.333. The third-order valence-corrected chi connectivity index (χ3v) is 3.02. The van der Waals surface area contributed by atoms with Gasteiger partial charge in [-0.05, 0) is 25.5 Å². The van der Waals surface area contributed by atoms with Gasteiger partial charge in [0.15, 0.2) is 0 Å². The summed E-state index contributed by atoms with van der Waals surface area (Å²) in [6, 6.07) is 11.9. The second-order valence-electron chi connectivity index (χ2n) is 4.67. The fourth-order valence-electron chi connectivity index (χ4n) is 1.94. The van der Waals surface area contributed by atoms with E-state index in [1.807, 2.05) is 56.4 Å². The molecule has 1 N–H and O–H groups in total. The number of amides is 1.